The maximum atomic E-state index is 11.4. The Balaban J connectivity index is 2.36. The molecular formula is C13H18N2O. The minimum absolute atomic E-state index is 0.0785. The fourth-order valence-corrected chi connectivity index (χ4v) is 2.00. The first-order valence-electron chi connectivity index (χ1n) is 5.50. The lowest BCUT2D eigenvalue weighted by atomic mass is 9.99. The number of likely N-dealkylation sites (N-methyl/N-ethyl adjacent to an activating group) is 1. The summed E-state index contributed by atoms with van der Waals surface area (Å²) in [5.41, 5.74) is 3.40. The highest BCUT2D eigenvalue weighted by Gasteiger charge is 2.17. The molecule has 0 unspecified atom stereocenters. The van der Waals surface area contributed by atoms with Crippen molar-refractivity contribution in [2.45, 2.75) is 0 Å². The quantitative estimate of drug-likeness (QED) is 0.759. The van der Waals surface area contributed by atoms with E-state index in [2.05, 4.69) is 32.5 Å². The summed E-state index contributed by atoms with van der Waals surface area (Å²) in [5, 5.41) is 14.7. The van der Waals surface area contributed by atoms with Crippen molar-refractivity contribution in [3.63, 3.8) is 0 Å². The van der Waals surface area contributed by atoms with Gasteiger partial charge in [0.05, 0.1) is 21.1 Å². The number of fused-ring (bicyclic) bond motifs is 1. The third-order valence-corrected chi connectivity index (χ3v) is 2.62. The van der Waals surface area contributed by atoms with Gasteiger partial charge < -0.3 is 14.9 Å². The van der Waals surface area contributed by atoms with E-state index in [1.165, 1.54) is 5.57 Å². The molecule has 3 heteroatoms. The molecule has 1 N–H and O–H groups in total. The molecule has 0 saturated carbocycles. The molecule has 3 nitrogen and oxygen atoms in total. The number of benzene rings is 1. The first-order chi connectivity index (χ1) is 7.46. The normalized spacial score (nSPS) is 15.1. The van der Waals surface area contributed by atoms with E-state index in [0.29, 0.717) is 0 Å². The number of anilines is 1. The summed E-state index contributed by atoms with van der Waals surface area (Å²) in [5.74, 6) is 0.0785. The number of hydrogen-bond donors (Lipinski definition) is 1. The van der Waals surface area contributed by atoms with Gasteiger partial charge in [0.15, 0.2) is 0 Å². The molecule has 0 amide bonds. The Kier molecular flexibility index (Phi) is 2.64. The van der Waals surface area contributed by atoms with E-state index in [9.17, 15) is 5.11 Å². The predicted molar refractivity (Wildman–Crippen MR) is 65.3 cm³/mol. The second kappa shape index (κ2) is 3.83. The lowest BCUT2D eigenvalue weighted by molar-refractivity contribution is -0.862. The number of quaternary nitrogens is 1. The third-order valence-electron chi connectivity index (χ3n) is 2.62. The summed E-state index contributed by atoms with van der Waals surface area (Å²) >= 11 is 0. The lowest BCUT2D eigenvalue weighted by Gasteiger charge is -2.29. The summed E-state index contributed by atoms with van der Waals surface area (Å²) < 4.78 is 0.869. The molecule has 0 fully saturated rings. The van der Waals surface area contributed by atoms with E-state index in [-0.39, 0.29) is 5.75 Å². The second-order valence-electron chi connectivity index (χ2n) is 5.27. The van der Waals surface area contributed by atoms with Crippen LogP contribution in [0.1, 0.15) is 5.56 Å². The number of rotatable bonds is 2. The maximum absolute atomic E-state index is 11.4. The Labute approximate surface area is 96.6 Å². The molecule has 0 radical (unpaired) electrons. The van der Waals surface area contributed by atoms with Gasteiger partial charge >= 0.3 is 0 Å². The zero-order chi connectivity index (χ0) is 11.8. The number of nitrogens with zero attached hydrogens (tertiary/aromatic N) is 1. The van der Waals surface area contributed by atoms with Gasteiger partial charge in [0.25, 0.3) is 0 Å². The third kappa shape index (κ3) is 2.36. The number of nitrogens with one attached hydrogen (secondary N) is 1. The van der Waals surface area contributed by atoms with Gasteiger partial charge in [0.2, 0.25) is 0 Å². The van der Waals surface area contributed by atoms with Gasteiger partial charge in [-0.15, -0.1) is 5.75 Å². The lowest BCUT2D eigenvalue weighted by Crippen LogP contribution is -2.36. The van der Waals surface area contributed by atoms with Gasteiger partial charge in [-0.2, -0.15) is 0 Å². The molecule has 1 aromatic carbocycles. The standard InChI is InChI=1S/C13H18N2O/c1-15(2,3)9-10-6-7-14-13-5-4-11(16)8-12(10)13/h4-6,8,14H,7,9H2,1-3H3. The first kappa shape index (κ1) is 11.0. The van der Waals surface area contributed by atoms with Crippen LogP contribution < -0.4 is 10.4 Å². The number of hydrogen-bond acceptors (Lipinski definition) is 2. The van der Waals surface area contributed by atoms with Gasteiger partial charge in [-0.25, -0.2) is 0 Å². The van der Waals surface area contributed by atoms with Crippen molar-refractivity contribution in [1.82, 2.24) is 0 Å². The van der Waals surface area contributed by atoms with Crippen LogP contribution in [0.4, 0.5) is 5.69 Å². The summed E-state index contributed by atoms with van der Waals surface area (Å²) in [4.78, 5) is 0. The van der Waals surface area contributed by atoms with Crippen LogP contribution in [0.5, 0.6) is 5.75 Å². The molecule has 1 aliphatic heterocycles. The van der Waals surface area contributed by atoms with Crippen LogP contribution in [0.15, 0.2) is 24.3 Å². The first-order valence-corrected chi connectivity index (χ1v) is 5.50. The molecule has 0 saturated heterocycles. The highest BCUT2D eigenvalue weighted by Crippen LogP contribution is 2.30. The molecule has 0 spiro atoms. The zero-order valence-electron chi connectivity index (χ0n) is 10.1. The molecule has 0 aliphatic carbocycles. The summed E-state index contributed by atoms with van der Waals surface area (Å²) in [6, 6.07) is 5.21. The van der Waals surface area contributed by atoms with Crippen LogP contribution >= 0.6 is 0 Å². The largest absolute Gasteiger partial charge is 0.872 e. The van der Waals surface area contributed by atoms with E-state index in [1.807, 2.05) is 6.07 Å². The molecule has 0 bridgehead atoms. The second-order valence-corrected chi connectivity index (χ2v) is 5.27. The topological polar surface area (TPSA) is 35.1 Å². The van der Waals surface area contributed by atoms with Crippen LogP contribution in [-0.4, -0.2) is 38.7 Å². The molecule has 16 heavy (non-hydrogen) atoms. The Morgan fingerprint density at radius 1 is 1.31 bits per heavy atom. The van der Waals surface area contributed by atoms with Crippen molar-refractivity contribution < 1.29 is 9.59 Å². The average Bonchev–Trinajstić information content (AvgIpc) is 2.17. The minimum Gasteiger partial charge on any atom is -0.872 e. The summed E-state index contributed by atoms with van der Waals surface area (Å²) in [6.07, 6.45) is 2.17. The van der Waals surface area contributed by atoms with E-state index in [4.69, 9.17) is 0 Å². The monoisotopic (exact) mass is 218 g/mol. The van der Waals surface area contributed by atoms with E-state index >= 15 is 0 Å². The van der Waals surface area contributed by atoms with Crippen LogP contribution in [0.3, 0.4) is 0 Å². The molecule has 0 aromatic heterocycles. The van der Waals surface area contributed by atoms with Gasteiger partial charge in [-0.05, 0) is 6.07 Å². The Bertz CT molecular complexity index is 430. The van der Waals surface area contributed by atoms with Crippen LogP contribution in [0, 0.1) is 0 Å². The van der Waals surface area contributed by atoms with Crippen molar-refractivity contribution in [2.24, 2.45) is 0 Å². The minimum atomic E-state index is 0.0785. The molecule has 1 aromatic rings. The van der Waals surface area contributed by atoms with Gasteiger partial charge in [0.1, 0.15) is 6.54 Å². The van der Waals surface area contributed by atoms with Crippen molar-refractivity contribution in [2.75, 3.05) is 39.5 Å². The average molecular weight is 218 g/mol. The van der Waals surface area contributed by atoms with Gasteiger partial charge in [-0.3, -0.25) is 0 Å². The molecule has 1 heterocycles. The SMILES string of the molecule is C[N+](C)(C)CC1=CCNc2ccc([O-])cc21. The predicted octanol–water partition coefficient (Wildman–Crippen LogP) is 1.28. The fourth-order valence-electron chi connectivity index (χ4n) is 2.00. The Morgan fingerprint density at radius 2 is 2.06 bits per heavy atom. The van der Waals surface area contributed by atoms with Gasteiger partial charge in [-0.1, -0.05) is 18.2 Å². The Morgan fingerprint density at radius 3 is 2.75 bits per heavy atom. The maximum Gasteiger partial charge on any atom is 0.104 e. The fraction of sp³-hybridized carbons (Fsp3) is 0.385. The van der Waals surface area contributed by atoms with Crippen LogP contribution in [0.2, 0.25) is 0 Å². The summed E-state index contributed by atoms with van der Waals surface area (Å²) in [6.45, 7) is 1.79. The van der Waals surface area contributed by atoms with Crippen molar-refractivity contribution in [3.8, 4) is 5.75 Å². The molecular weight excluding hydrogens is 200 g/mol. The molecule has 1 aliphatic rings. The van der Waals surface area contributed by atoms with E-state index in [1.54, 1.807) is 12.1 Å². The highest BCUT2D eigenvalue weighted by atomic mass is 16.3. The molecule has 86 valence electrons. The van der Waals surface area contributed by atoms with Crippen LogP contribution in [-0.2, 0) is 0 Å². The molecule has 2 rings (SSSR count). The Hall–Kier alpha value is -1.48. The van der Waals surface area contributed by atoms with Crippen molar-refractivity contribution in [1.29, 1.82) is 0 Å². The van der Waals surface area contributed by atoms with Crippen LogP contribution in [0.25, 0.3) is 5.57 Å². The zero-order valence-corrected chi connectivity index (χ0v) is 10.1. The van der Waals surface area contributed by atoms with Crippen molar-refractivity contribution >= 4 is 11.3 Å². The van der Waals surface area contributed by atoms with Crippen molar-refractivity contribution in [3.05, 3.63) is 29.8 Å². The van der Waals surface area contributed by atoms with Gasteiger partial charge in [0, 0.05) is 23.4 Å². The smallest absolute Gasteiger partial charge is 0.104 e. The van der Waals surface area contributed by atoms with E-state index < -0.39 is 0 Å². The highest BCUT2D eigenvalue weighted by molar-refractivity contribution is 5.80. The van der Waals surface area contributed by atoms with E-state index in [0.717, 1.165) is 28.8 Å². The molecule has 0 atom stereocenters. The summed E-state index contributed by atoms with van der Waals surface area (Å²) in [7, 11) is 6.47.